The van der Waals surface area contributed by atoms with E-state index in [1.54, 1.807) is 0 Å². The zero-order valence-corrected chi connectivity index (χ0v) is 12.2. The van der Waals surface area contributed by atoms with Gasteiger partial charge in [-0.2, -0.15) is 0 Å². The van der Waals surface area contributed by atoms with Gasteiger partial charge in [0.1, 0.15) is 0 Å². The van der Waals surface area contributed by atoms with Crippen molar-refractivity contribution in [2.45, 2.75) is 57.8 Å². The van der Waals surface area contributed by atoms with E-state index >= 15 is 0 Å². The third-order valence-corrected chi connectivity index (χ3v) is 3.72. The van der Waals surface area contributed by atoms with Crippen LogP contribution in [0.4, 0.5) is 0 Å². The first kappa shape index (κ1) is 15.7. The monoisotopic (exact) mass is 276 g/mol. The quantitative estimate of drug-likeness (QED) is 0.851. The third-order valence-electron chi connectivity index (χ3n) is 3.72. The number of halogens is 1. The zero-order valence-electron chi connectivity index (χ0n) is 11.4. The Kier molecular flexibility index (Phi) is 6.39. The summed E-state index contributed by atoms with van der Waals surface area (Å²) >= 11 is 0. The van der Waals surface area contributed by atoms with Crippen LogP contribution < -0.4 is 5.32 Å². The molecule has 2 saturated heterocycles. The smallest absolute Gasteiger partial charge is 0.224 e. The number of nitrogens with zero attached hydrogens (tertiary/aromatic N) is 1. The molecule has 0 spiro atoms. The van der Waals surface area contributed by atoms with Gasteiger partial charge in [-0.1, -0.05) is 6.92 Å². The highest BCUT2D eigenvalue weighted by Crippen LogP contribution is 2.16. The standard InChI is InChI=1S/C13H24N2O2.ClH/c1-3-12-9-15(8-10(2)17-12)13(16)7-11-5-4-6-14-11;/h10-12,14H,3-9H2,1-2H3;1H. The van der Waals surface area contributed by atoms with E-state index in [4.69, 9.17) is 4.74 Å². The molecule has 4 nitrogen and oxygen atoms in total. The van der Waals surface area contributed by atoms with Gasteiger partial charge in [-0.05, 0) is 32.7 Å². The van der Waals surface area contributed by atoms with Crippen molar-refractivity contribution < 1.29 is 9.53 Å². The number of nitrogens with one attached hydrogen (secondary N) is 1. The molecule has 1 amide bonds. The number of ether oxygens (including phenoxy) is 1. The molecule has 18 heavy (non-hydrogen) atoms. The van der Waals surface area contributed by atoms with Crippen molar-refractivity contribution in [3.05, 3.63) is 0 Å². The van der Waals surface area contributed by atoms with Crippen molar-refractivity contribution in [1.82, 2.24) is 10.2 Å². The van der Waals surface area contributed by atoms with Crippen LogP contribution in [0.2, 0.25) is 0 Å². The second-order valence-corrected chi connectivity index (χ2v) is 5.27. The van der Waals surface area contributed by atoms with E-state index in [0.717, 1.165) is 32.5 Å². The summed E-state index contributed by atoms with van der Waals surface area (Å²) in [7, 11) is 0. The summed E-state index contributed by atoms with van der Waals surface area (Å²) in [4.78, 5) is 14.2. The molecular formula is C13H25ClN2O2. The first-order valence-electron chi connectivity index (χ1n) is 6.85. The van der Waals surface area contributed by atoms with Crippen molar-refractivity contribution in [3.63, 3.8) is 0 Å². The van der Waals surface area contributed by atoms with Crippen molar-refractivity contribution >= 4 is 18.3 Å². The van der Waals surface area contributed by atoms with Crippen molar-refractivity contribution in [1.29, 1.82) is 0 Å². The van der Waals surface area contributed by atoms with Gasteiger partial charge in [0.25, 0.3) is 0 Å². The molecule has 2 fully saturated rings. The van der Waals surface area contributed by atoms with Gasteiger partial charge in [-0.25, -0.2) is 0 Å². The average molecular weight is 277 g/mol. The zero-order chi connectivity index (χ0) is 12.3. The van der Waals surface area contributed by atoms with E-state index in [1.807, 2.05) is 4.90 Å². The summed E-state index contributed by atoms with van der Waals surface area (Å²) in [5.41, 5.74) is 0. The second kappa shape index (κ2) is 7.31. The fourth-order valence-corrected chi connectivity index (χ4v) is 2.75. The summed E-state index contributed by atoms with van der Waals surface area (Å²) in [6.45, 7) is 6.75. The maximum absolute atomic E-state index is 12.2. The summed E-state index contributed by atoms with van der Waals surface area (Å²) in [6, 6.07) is 0.403. The Morgan fingerprint density at radius 2 is 2.22 bits per heavy atom. The van der Waals surface area contributed by atoms with Gasteiger partial charge in [0, 0.05) is 25.6 Å². The van der Waals surface area contributed by atoms with E-state index in [9.17, 15) is 4.79 Å². The molecule has 3 atom stereocenters. The van der Waals surface area contributed by atoms with Crippen LogP contribution >= 0.6 is 12.4 Å². The van der Waals surface area contributed by atoms with Crippen LogP contribution in [0.15, 0.2) is 0 Å². The molecule has 0 aromatic heterocycles. The van der Waals surface area contributed by atoms with Crippen LogP contribution in [0.5, 0.6) is 0 Å². The van der Waals surface area contributed by atoms with E-state index in [2.05, 4.69) is 19.2 Å². The Hall–Kier alpha value is -0.320. The van der Waals surface area contributed by atoms with E-state index in [-0.39, 0.29) is 30.5 Å². The summed E-state index contributed by atoms with van der Waals surface area (Å²) in [5, 5.41) is 3.38. The molecule has 2 aliphatic heterocycles. The van der Waals surface area contributed by atoms with Gasteiger partial charge in [0.15, 0.2) is 0 Å². The molecule has 106 valence electrons. The predicted molar refractivity (Wildman–Crippen MR) is 74.1 cm³/mol. The van der Waals surface area contributed by atoms with Crippen LogP contribution in [-0.4, -0.2) is 48.7 Å². The molecule has 0 bridgehead atoms. The summed E-state index contributed by atoms with van der Waals surface area (Å²) in [5.74, 6) is 0.290. The minimum Gasteiger partial charge on any atom is -0.372 e. The third kappa shape index (κ3) is 4.11. The maximum atomic E-state index is 12.2. The Morgan fingerprint density at radius 3 is 2.83 bits per heavy atom. The first-order chi connectivity index (χ1) is 8.19. The van der Waals surface area contributed by atoms with Gasteiger partial charge in [-0.15, -0.1) is 12.4 Å². The summed E-state index contributed by atoms with van der Waals surface area (Å²) < 4.78 is 5.78. The molecule has 0 aliphatic carbocycles. The highest BCUT2D eigenvalue weighted by Gasteiger charge is 2.29. The Labute approximate surface area is 116 Å². The Bertz CT molecular complexity index is 270. The lowest BCUT2D eigenvalue weighted by atomic mass is 10.1. The SMILES string of the molecule is CCC1CN(C(=O)CC2CCCN2)CC(C)O1.Cl. The van der Waals surface area contributed by atoms with Crippen LogP contribution in [0.1, 0.15) is 39.5 Å². The lowest BCUT2D eigenvalue weighted by Gasteiger charge is -2.37. The lowest BCUT2D eigenvalue weighted by Crippen LogP contribution is -2.50. The molecule has 1 N–H and O–H groups in total. The first-order valence-corrected chi connectivity index (χ1v) is 6.85. The molecular weight excluding hydrogens is 252 g/mol. The van der Waals surface area contributed by atoms with Crippen LogP contribution in [-0.2, 0) is 9.53 Å². The molecule has 2 aliphatic rings. The second-order valence-electron chi connectivity index (χ2n) is 5.27. The molecule has 0 aromatic carbocycles. The number of hydrogen-bond donors (Lipinski definition) is 1. The normalized spacial score (nSPS) is 32.1. The summed E-state index contributed by atoms with van der Waals surface area (Å²) in [6.07, 6.45) is 4.38. The van der Waals surface area contributed by atoms with E-state index in [0.29, 0.717) is 12.5 Å². The van der Waals surface area contributed by atoms with Gasteiger partial charge in [0.2, 0.25) is 5.91 Å². The molecule has 2 heterocycles. The van der Waals surface area contributed by atoms with Crippen molar-refractivity contribution in [2.24, 2.45) is 0 Å². The van der Waals surface area contributed by atoms with Gasteiger partial charge >= 0.3 is 0 Å². The molecule has 5 heteroatoms. The predicted octanol–water partition coefficient (Wildman–Crippen LogP) is 1.58. The van der Waals surface area contributed by atoms with Crippen LogP contribution in [0.3, 0.4) is 0 Å². The molecule has 0 aromatic rings. The number of carbonyl (C=O) groups is 1. The number of carbonyl (C=O) groups excluding carboxylic acids is 1. The lowest BCUT2D eigenvalue weighted by molar-refractivity contribution is -0.145. The largest absolute Gasteiger partial charge is 0.372 e. The van der Waals surface area contributed by atoms with Gasteiger partial charge in [0.05, 0.1) is 12.2 Å². The van der Waals surface area contributed by atoms with Crippen molar-refractivity contribution in [2.75, 3.05) is 19.6 Å². The highest BCUT2D eigenvalue weighted by molar-refractivity contribution is 5.85. The van der Waals surface area contributed by atoms with E-state index < -0.39 is 0 Å². The Morgan fingerprint density at radius 1 is 1.44 bits per heavy atom. The number of hydrogen-bond acceptors (Lipinski definition) is 3. The van der Waals surface area contributed by atoms with Crippen LogP contribution in [0, 0.1) is 0 Å². The average Bonchev–Trinajstić information content (AvgIpc) is 2.81. The minimum absolute atomic E-state index is 0. The van der Waals surface area contributed by atoms with Crippen LogP contribution in [0.25, 0.3) is 0 Å². The topological polar surface area (TPSA) is 41.6 Å². The Balaban J connectivity index is 0.00000162. The van der Waals surface area contributed by atoms with Gasteiger partial charge in [-0.3, -0.25) is 4.79 Å². The number of amides is 1. The number of morpholine rings is 1. The fraction of sp³-hybridized carbons (Fsp3) is 0.923. The molecule has 0 saturated carbocycles. The van der Waals surface area contributed by atoms with Gasteiger partial charge < -0.3 is 15.0 Å². The minimum atomic E-state index is 0. The fourth-order valence-electron chi connectivity index (χ4n) is 2.75. The van der Waals surface area contributed by atoms with E-state index in [1.165, 1.54) is 6.42 Å². The van der Waals surface area contributed by atoms with Crippen molar-refractivity contribution in [3.8, 4) is 0 Å². The number of rotatable bonds is 3. The molecule has 0 radical (unpaired) electrons. The molecule has 3 unspecified atom stereocenters. The molecule has 2 rings (SSSR count). The maximum Gasteiger partial charge on any atom is 0.224 e. The highest BCUT2D eigenvalue weighted by atomic mass is 35.5.